The number of fused-ring (bicyclic) bond motifs is 1. The van der Waals surface area contributed by atoms with Gasteiger partial charge in [0.15, 0.2) is 5.71 Å². The van der Waals surface area contributed by atoms with Crippen molar-refractivity contribution >= 4 is 110 Å². The Hall–Kier alpha value is -8.83. The summed E-state index contributed by atoms with van der Waals surface area (Å²) >= 11 is 6.11. The van der Waals surface area contributed by atoms with Crippen molar-refractivity contribution in [3.05, 3.63) is 154 Å². The lowest BCUT2D eigenvalue weighted by Crippen LogP contribution is -2.28. The number of Topliss-reactive ketones (excluding diaryl/α,β-unsaturated/α-hetero) is 1. The van der Waals surface area contributed by atoms with Gasteiger partial charge in [-0.2, -0.15) is 20.1 Å². The minimum absolute atomic E-state index is 0.00363. The zero-order valence-corrected chi connectivity index (χ0v) is 36.4. The van der Waals surface area contributed by atoms with Gasteiger partial charge in [0.2, 0.25) is 23.0 Å². The predicted octanol–water partition coefficient (Wildman–Crippen LogP) is 6.91. The fourth-order valence-corrected chi connectivity index (χ4v) is 8.83. The number of rotatable bonds is 16. The fourth-order valence-electron chi connectivity index (χ4n) is 5.62. The van der Waals surface area contributed by atoms with E-state index < -0.39 is 100.0 Å². The third-order valence-corrected chi connectivity index (χ3v) is 13.2. The van der Waals surface area contributed by atoms with Crippen LogP contribution in [0.25, 0.3) is 47.8 Å². The van der Waals surface area contributed by atoms with E-state index in [1.165, 1.54) is 36.4 Å². The van der Waals surface area contributed by atoms with E-state index >= 15 is 0 Å². The van der Waals surface area contributed by atoms with E-state index in [0.29, 0.717) is 6.08 Å². The van der Waals surface area contributed by atoms with Crippen LogP contribution < -0.4 is 21.4 Å². The largest absolute Gasteiger partial charge is 0.324 e. The lowest BCUT2D eigenvalue weighted by molar-refractivity contribution is 0.102. The third kappa shape index (κ3) is 10.8. The topological polar surface area (TPSA) is 465 Å². The second-order valence-electron chi connectivity index (χ2n) is 12.5. The highest BCUT2D eigenvalue weighted by molar-refractivity contribution is 7.95. The molecule has 1 aliphatic carbocycles. The van der Waals surface area contributed by atoms with Crippen LogP contribution in [-0.4, -0.2) is 66.0 Å². The van der Waals surface area contributed by atoms with E-state index in [0.717, 1.165) is 42.5 Å². The van der Waals surface area contributed by atoms with Crippen LogP contribution in [0.1, 0.15) is 26.3 Å². The molecular weight excluding hydrogens is 988 g/mol. The lowest BCUT2D eigenvalue weighted by atomic mass is 9.92. The molecule has 0 aliphatic heterocycles. The number of hydrogen-bond acceptors (Lipinski definition) is 17. The van der Waals surface area contributed by atoms with Crippen molar-refractivity contribution in [3.63, 3.8) is 0 Å². The van der Waals surface area contributed by atoms with Crippen LogP contribution in [0.3, 0.4) is 0 Å². The van der Waals surface area contributed by atoms with Crippen LogP contribution in [-0.2, 0) is 40.1 Å². The first-order valence-electron chi connectivity index (χ1n) is 17.3. The van der Waals surface area contributed by atoms with Crippen molar-refractivity contribution in [1.82, 2.24) is 15.0 Å². The van der Waals surface area contributed by atoms with E-state index in [4.69, 9.17) is 33.7 Å². The van der Waals surface area contributed by atoms with Crippen LogP contribution >= 0.6 is 11.6 Å². The van der Waals surface area contributed by atoms with Crippen LogP contribution in [0.15, 0.2) is 128 Å². The van der Waals surface area contributed by atoms with Crippen LogP contribution in [0, 0.1) is 0 Å². The number of nitrogens with one attached hydrogen (secondary N) is 4. The Morgan fingerprint density at radius 3 is 1.78 bits per heavy atom. The van der Waals surface area contributed by atoms with Crippen molar-refractivity contribution in [2.75, 3.05) is 21.4 Å². The SMILES string of the molecule is [N-]=[N+]=NS(=O)(=O)C1=Cc2cc(S(=O)(=O)N=[N+]=[N-])cc(NC(=O)c3ccccc3)c2C(=O)C1=NNc1cc(Nc2nc(Cl)nc(Nc3ccc(S(=O)(=O)N=[N+]=[N-])cc3)n2)ccc1S(=O)(=O)N=[N+]=[N-]. The highest BCUT2D eigenvalue weighted by atomic mass is 35.5. The maximum atomic E-state index is 14.4. The molecule has 6 rings (SSSR count). The van der Waals surface area contributed by atoms with Crippen LogP contribution in [0.5, 0.6) is 0 Å². The Balaban J connectivity index is 1.45. The maximum absolute atomic E-state index is 14.4. The van der Waals surface area contributed by atoms with Gasteiger partial charge in [-0.05, 0) is 112 Å². The van der Waals surface area contributed by atoms with E-state index in [9.17, 15) is 43.3 Å². The molecule has 0 atom stereocenters. The molecule has 0 spiro atoms. The molecule has 0 fully saturated rings. The molecule has 0 bridgehead atoms. The van der Waals surface area contributed by atoms with Gasteiger partial charge in [0.05, 0.1) is 31.6 Å². The quantitative estimate of drug-likeness (QED) is 0.0337. The Morgan fingerprint density at radius 1 is 0.612 bits per heavy atom. The number of nitrogens with zero attached hydrogens (tertiary/aromatic N) is 16. The molecule has 1 amide bonds. The van der Waals surface area contributed by atoms with Gasteiger partial charge in [-0.1, -0.05) is 18.2 Å². The molecule has 4 N–H and O–H groups in total. The van der Waals surface area contributed by atoms with E-state index in [2.05, 4.69) is 79.2 Å². The van der Waals surface area contributed by atoms with Crippen LogP contribution in [0.2, 0.25) is 5.28 Å². The average molecular weight is 1010 g/mol. The van der Waals surface area contributed by atoms with Gasteiger partial charge < -0.3 is 16.0 Å². The highest BCUT2D eigenvalue weighted by Gasteiger charge is 2.37. The number of allylic oxidation sites excluding steroid dienone is 1. The smallest absolute Gasteiger partial charge is 0.266 e. The van der Waals surface area contributed by atoms with Crippen molar-refractivity contribution in [2.45, 2.75) is 14.7 Å². The number of aromatic nitrogens is 3. The number of carbonyl (C=O) groups excluding carboxylic acids is 2. The van der Waals surface area contributed by atoms with Gasteiger partial charge in [0.1, 0.15) is 4.91 Å². The van der Waals surface area contributed by atoms with E-state index in [1.807, 2.05) is 0 Å². The van der Waals surface area contributed by atoms with Crippen molar-refractivity contribution < 1.29 is 43.3 Å². The highest BCUT2D eigenvalue weighted by Crippen LogP contribution is 2.36. The Morgan fingerprint density at radius 2 is 1.16 bits per heavy atom. The molecule has 1 aromatic heterocycles. The molecule has 0 unspecified atom stereocenters. The molecule has 0 radical (unpaired) electrons. The summed E-state index contributed by atoms with van der Waals surface area (Å²) in [6, 6.07) is 16.4. The summed E-state index contributed by atoms with van der Waals surface area (Å²) in [6.07, 6.45) is 0.639. The molecule has 4 aromatic carbocycles. The summed E-state index contributed by atoms with van der Waals surface area (Å²) in [5.74, 6) is -2.84. The van der Waals surface area contributed by atoms with Crippen molar-refractivity contribution in [3.8, 4) is 0 Å². The first-order chi connectivity index (χ1) is 31.7. The first-order valence-corrected chi connectivity index (χ1v) is 23.5. The molecule has 1 aliphatic rings. The summed E-state index contributed by atoms with van der Waals surface area (Å²) in [6.45, 7) is 0. The van der Waals surface area contributed by atoms with Gasteiger partial charge in [0, 0.05) is 54.7 Å². The first kappa shape index (κ1) is 47.6. The van der Waals surface area contributed by atoms with Gasteiger partial charge >= 0.3 is 0 Å². The standard InChI is InChI=1S/C32H19ClN20O10S4/c33-30-41-31(38-18-6-9-20(10-7-18)64(56,57)50-46-34)43-32(42-30)39-19-8-11-24(66(60,61)52-48-36)22(14-19)44-45-27-25(67(62,63)53-49-37)13-17-12-21(65(58,59)51-47-35)15-23(26(17)28(27)54)40-29(55)16-4-2-1-3-5-16/h1-15,44H,(H,40,55)(H2,38,39,41,42,43). The molecule has 338 valence electrons. The maximum Gasteiger partial charge on any atom is 0.266 e. The lowest BCUT2D eigenvalue weighted by Gasteiger charge is -2.21. The van der Waals surface area contributed by atoms with Crippen molar-refractivity contribution in [1.29, 1.82) is 0 Å². The number of hydrogen-bond donors (Lipinski definition) is 4. The Bertz CT molecular complexity index is 3670. The number of anilines is 6. The van der Waals surface area contributed by atoms with Gasteiger partial charge in [0.25, 0.3) is 46.0 Å². The molecule has 0 saturated carbocycles. The molecule has 67 heavy (non-hydrogen) atoms. The molecule has 5 aromatic rings. The number of sulfonamides is 4. The Labute approximate surface area is 379 Å². The number of carbonyl (C=O) groups is 2. The second-order valence-corrected chi connectivity index (χ2v) is 19.1. The number of amides is 1. The minimum Gasteiger partial charge on any atom is -0.324 e. The third-order valence-electron chi connectivity index (χ3n) is 8.36. The summed E-state index contributed by atoms with van der Waals surface area (Å²) in [7, 11) is -19.4. The molecule has 35 heteroatoms. The molecule has 0 saturated heterocycles. The number of ketones is 1. The van der Waals surface area contributed by atoms with E-state index in [-0.39, 0.29) is 33.7 Å². The zero-order valence-electron chi connectivity index (χ0n) is 32.4. The predicted molar refractivity (Wildman–Crippen MR) is 236 cm³/mol. The van der Waals surface area contributed by atoms with Gasteiger partial charge in [-0.3, -0.25) is 15.0 Å². The summed E-state index contributed by atoms with van der Waals surface area (Å²) in [5.41, 5.74) is 34.4. The fraction of sp³-hybridized carbons (Fsp3) is 0. The number of hydrazone groups is 1. The Kier molecular flexibility index (Phi) is 13.6. The van der Waals surface area contributed by atoms with Gasteiger partial charge in [-0.25, -0.2) is 33.7 Å². The number of azide groups is 4. The average Bonchev–Trinajstić information content (AvgIpc) is 3.26. The zero-order chi connectivity index (χ0) is 48.7. The number of benzene rings is 4. The van der Waals surface area contributed by atoms with E-state index in [1.54, 1.807) is 6.07 Å². The number of halogens is 1. The molecule has 30 nitrogen and oxygen atoms in total. The normalized spacial score (nSPS) is 12.9. The molecule has 1 heterocycles. The summed E-state index contributed by atoms with van der Waals surface area (Å²) < 4.78 is 114. The van der Waals surface area contributed by atoms with Crippen molar-refractivity contribution in [2.24, 2.45) is 23.2 Å². The monoisotopic (exact) mass is 1010 g/mol. The second kappa shape index (κ2) is 19.1. The van der Waals surface area contributed by atoms with Gasteiger partial charge in [-0.15, -0.1) is 0 Å². The minimum atomic E-state index is -5.26. The molecular formula is C32H19ClN20O10S4. The summed E-state index contributed by atoms with van der Waals surface area (Å²) in [4.78, 5) is 45.7. The van der Waals surface area contributed by atoms with Crippen LogP contribution in [0.4, 0.5) is 34.6 Å². The summed E-state index contributed by atoms with van der Waals surface area (Å²) in [5, 5.41) is 11.2.